The molecule has 3 heteroatoms. The third-order valence-electron chi connectivity index (χ3n) is 5.04. The third kappa shape index (κ3) is 3.58. The van der Waals surface area contributed by atoms with Crippen LogP contribution in [0.4, 0.5) is 4.79 Å². The first-order valence-electron chi connectivity index (χ1n) is 8.11. The number of rotatable bonds is 5. The number of nitrogens with two attached hydrogens (primary N) is 1. The lowest BCUT2D eigenvalue weighted by Crippen LogP contribution is -2.47. The van der Waals surface area contributed by atoms with E-state index in [-0.39, 0.29) is 5.92 Å². The van der Waals surface area contributed by atoms with Crippen molar-refractivity contribution in [1.29, 1.82) is 0 Å². The predicted molar refractivity (Wildman–Crippen MR) is 85.1 cm³/mol. The van der Waals surface area contributed by atoms with E-state index in [0.717, 1.165) is 19.3 Å². The van der Waals surface area contributed by atoms with Gasteiger partial charge in [-0.05, 0) is 37.7 Å². The van der Waals surface area contributed by atoms with E-state index < -0.39 is 11.7 Å². The maximum absolute atomic E-state index is 11.5. The monoisotopic (exact) mass is 289 g/mol. The molecule has 2 rings (SSSR count). The van der Waals surface area contributed by atoms with Gasteiger partial charge in [0.1, 0.15) is 5.60 Å². The van der Waals surface area contributed by atoms with Crippen molar-refractivity contribution in [3.05, 3.63) is 35.9 Å². The highest BCUT2D eigenvalue weighted by Crippen LogP contribution is 2.45. The van der Waals surface area contributed by atoms with Gasteiger partial charge < -0.3 is 10.5 Å². The summed E-state index contributed by atoms with van der Waals surface area (Å²) >= 11 is 0. The summed E-state index contributed by atoms with van der Waals surface area (Å²) in [6, 6.07) is 10.4. The predicted octanol–water partition coefficient (Wildman–Crippen LogP) is 4.61. The smallest absolute Gasteiger partial charge is 0.405 e. The lowest BCUT2D eigenvalue weighted by atomic mass is 9.68. The van der Waals surface area contributed by atoms with Gasteiger partial charge in [0.05, 0.1) is 0 Å². The Hall–Kier alpha value is -1.51. The molecule has 0 aliphatic heterocycles. The van der Waals surface area contributed by atoms with Crippen molar-refractivity contribution in [2.24, 2.45) is 11.7 Å². The fraction of sp³-hybridized carbons (Fsp3) is 0.611. The molecule has 2 unspecified atom stereocenters. The number of ether oxygens (including phenoxy) is 1. The zero-order valence-corrected chi connectivity index (χ0v) is 13.2. The molecule has 1 aromatic carbocycles. The van der Waals surface area contributed by atoms with Crippen LogP contribution in [-0.2, 0) is 4.74 Å². The van der Waals surface area contributed by atoms with Gasteiger partial charge in [-0.15, -0.1) is 0 Å². The van der Waals surface area contributed by atoms with E-state index in [2.05, 4.69) is 26.0 Å². The van der Waals surface area contributed by atoms with Gasteiger partial charge in [0.2, 0.25) is 0 Å². The van der Waals surface area contributed by atoms with Crippen LogP contribution in [0.3, 0.4) is 0 Å². The molecule has 2 N–H and O–H groups in total. The van der Waals surface area contributed by atoms with E-state index in [1.807, 2.05) is 18.2 Å². The molecule has 1 saturated carbocycles. The summed E-state index contributed by atoms with van der Waals surface area (Å²) in [5.74, 6) is 0.582. The van der Waals surface area contributed by atoms with Crippen molar-refractivity contribution >= 4 is 6.09 Å². The van der Waals surface area contributed by atoms with Crippen molar-refractivity contribution in [1.82, 2.24) is 0 Å². The Labute approximate surface area is 127 Å². The normalized spacial score (nSPS) is 20.5. The summed E-state index contributed by atoms with van der Waals surface area (Å²) in [7, 11) is 0. The Kier molecular flexibility index (Phi) is 5.27. The molecule has 0 bridgehead atoms. The molecule has 0 radical (unpaired) electrons. The molecule has 116 valence electrons. The lowest BCUT2D eigenvalue weighted by molar-refractivity contribution is -0.0502. The number of carbonyl (C=O) groups excluding carboxylic acids is 1. The first kappa shape index (κ1) is 15.9. The standard InChI is InChI=1S/C18H27NO2/c1-3-16(14-10-6-4-7-11-14)18(2,21-17(19)20)15-12-8-5-9-13-15/h4,6-7,10-11,15-16H,3,5,8-9,12-13H2,1-2H3,(H2,19,20). The van der Waals surface area contributed by atoms with Crippen LogP contribution in [0.15, 0.2) is 30.3 Å². The summed E-state index contributed by atoms with van der Waals surface area (Å²) in [5, 5.41) is 0. The molecule has 0 saturated heterocycles. The highest BCUT2D eigenvalue weighted by molar-refractivity contribution is 5.65. The second-order valence-corrected chi connectivity index (χ2v) is 6.31. The Morgan fingerprint density at radius 2 is 1.90 bits per heavy atom. The quantitative estimate of drug-likeness (QED) is 0.860. The summed E-state index contributed by atoms with van der Waals surface area (Å²) in [4.78, 5) is 11.5. The molecule has 0 aromatic heterocycles. The van der Waals surface area contributed by atoms with Gasteiger partial charge in [0.15, 0.2) is 0 Å². The van der Waals surface area contributed by atoms with E-state index in [1.54, 1.807) is 0 Å². The summed E-state index contributed by atoms with van der Waals surface area (Å²) in [6.07, 6.45) is 6.23. The number of hydrogen-bond donors (Lipinski definition) is 1. The van der Waals surface area contributed by atoms with E-state index in [1.165, 1.54) is 24.8 Å². The second-order valence-electron chi connectivity index (χ2n) is 6.31. The van der Waals surface area contributed by atoms with Crippen LogP contribution in [0.25, 0.3) is 0 Å². The van der Waals surface area contributed by atoms with Crippen molar-refractivity contribution < 1.29 is 9.53 Å². The van der Waals surface area contributed by atoms with Crippen LogP contribution in [-0.4, -0.2) is 11.7 Å². The van der Waals surface area contributed by atoms with Crippen LogP contribution < -0.4 is 5.73 Å². The first-order valence-corrected chi connectivity index (χ1v) is 8.11. The van der Waals surface area contributed by atoms with Crippen LogP contribution in [0.5, 0.6) is 0 Å². The molecule has 1 aromatic rings. The Morgan fingerprint density at radius 3 is 2.43 bits per heavy atom. The first-order chi connectivity index (χ1) is 10.1. The van der Waals surface area contributed by atoms with Gasteiger partial charge in [-0.3, -0.25) is 0 Å². The van der Waals surface area contributed by atoms with Gasteiger partial charge in [-0.1, -0.05) is 56.5 Å². The minimum absolute atomic E-state index is 0.189. The van der Waals surface area contributed by atoms with Crippen molar-refractivity contribution in [2.45, 2.75) is 63.9 Å². The summed E-state index contributed by atoms with van der Waals surface area (Å²) < 4.78 is 5.72. The van der Waals surface area contributed by atoms with Crippen LogP contribution in [0.2, 0.25) is 0 Å². The minimum Gasteiger partial charge on any atom is -0.442 e. The number of primary amides is 1. The minimum atomic E-state index is -0.655. The molecular formula is C18H27NO2. The van der Waals surface area contributed by atoms with E-state index in [0.29, 0.717) is 5.92 Å². The van der Waals surface area contributed by atoms with Crippen LogP contribution in [0, 0.1) is 5.92 Å². The van der Waals surface area contributed by atoms with Crippen molar-refractivity contribution in [3.63, 3.8) is 0 Å². The molecule has 1 amide bonds. The average molecular weight is 289 g/mol. The average Bonchev–Trinajstić information content (AvgIpc) is 2.49. The topological polar surface area (TPSA) is 52.3 Å². The lowest BCUT2D eigenvalue weighted by Gasteiger charge is -2.44. The molecule has 21 heavy (non-hydrogen) atoms. The number of amides is 1. The van der Waals surface area contributed by atoms with Gasteiger partial charge in [-0.25, -0.2) is 4.79 Å². The van der Waals surface area contributed by atoms with Crippen LogP contribution in [0.1, 0.15) is 63.9 Å². The molecule has 0 spiro atoms. The maximum atomic E-state index is 11.5. The molecule has 1 aliphatic carbocycles. The van der Waals surface area contributed by atoms with Gasteiger partial charge in [0.25, 0.3) is 0 Å². The highest BCUT2D eigenvalue weighted by atomic mass is 16.6. The summed E-state index contributed by atoms with van der Waals surface area (Å²) in [5.41, 5.74) is 6.11. The molecular weight excluding hydrogens is 262 g/mol. The molecule has 0 heterocycles. The molecule has 1 fully saturated rings. The molecule has 3 nitrogen and oxygen atoms in total. The third-order valence-corrected chi connectivity index (χ3v) is 5.04. The van der Waals surface area contributed by atoms with E-state index >= 15 is 0 Å². The maximum Gasteiger partial charge on any atom is 0.405 e. The fourth-order valence-electron chi connectivity index (χ4n) is 3.99. The largest absolute Gasteiger partial charge is 0.442 e. The van der Waals surface area contributed by atoms with E-state index in [9.17, 15) is 4.79 Å². The van der Waals surface area contributed by atoms with Crippen molar-refractivity contribution in [2.75, 3.05) is 0 Å². The van der Waals surface area contributed by atoms with E-state index in [4.69, 9.17) is 10.5 Å². The van der Waals surface area contributed by atoms with Crippen LogP contribution >= 0.6 is 0 Å². The summed E-state index contributed by atoms with van der Waals surface area (Å²) in [6.45, 7) is 4.23. The number of carbonyl (C=O) groups is 1. The molecule has 1 aliphatic rings. The Morgan fingerprint density at radius 1 is 1.29 bits per heavy atom. The highest BCUT2D eigenvalue weighted by Gasteiger charge is 2.44. The SMILES string of the molecule is CCC(c1ccccc1)C(C)(OC(N)=O)C1CCCCC1. The number of hydrogen-bond acceptors (Lipinski definition) is 2. The Balaban J connectivity index is 2.34. The fourth-order valence-corrected chi connectivity index (χ4v) is 3.99. The zero-order valence-electron chi connectivity index (χ0n) is 13.2. The van der Waals surface area contributed by atoms with Crippen molar-refractivity contribution in [3.8, 4) is 0 Å². The zero-order chi connectivity index (χ0) is 15.3. The van der Waals surface area contributed by atoms with Gasteiger partial charge in [0, 0.05) is 5.92 Å². The number of benzene rings is 1. The second kappa shape index (κ2) is 6.97. The van der Waals surface area contributed by atoms with Gasteiger partial charge in [-0.2, -0.15) is 0 Å². The van der Waals surface area contributed by atoms with Gasteiger partial charge >= 0.3 is 6.09 Å². The molecule has 2 atom stereocenters. The Bertz CT molecular complexity index is 454.